The lowest BCUT2D eigenvalue weighted by Crippen LogP contribution is -2.42. The van der Waals surface area contributed by atoms with Gasteiger partial charge in [-0.05, 0) is 66.6 Å². The lowest BCUT2D eigenvalue weighted by molar-refractivity contribution is -0.131. The van der Waals surface area contributed by atoms with Gasteiger partial charge < -0.3 is 14.0 Å². The largest absolute Gasteiger partial charge is 0.497 e. The minimum absolute atomic E-state index is 0.0782. The van der Waals surface area contributed by atoms with E-state index in [1.807, 2.05) is 19.9 Å². The van der Waals surface area contributed by atoms with Crippen LogP contribution in [0.25, 0.3) is 10.9 Å². The maximum absolute atomic E-state index is 13.4. The summed E-state index contributed by atoms with van der Waals surface area (Å²) < 4.78 is 14.1. The number of benzene rings is 2. The fourth-order valence-corrected chi connectivity index (χ4v) is 5.47. The summed E-state index contributed by atoms with van der Waals surface area (Å²) in [5.41, 5.74) is 4.65. The number of carbonyl (C=O) groups excluding carboxylic acids is 2. The van der Waals surface area contributed by atoms with E-state index in [-0.39, 0.29) is 36.3 Å². The zero-order valence-electron chi connectivity index (χ0n) is 19.9. The van der Waals surface area contributed by atoms with Gasteiger partial charge in [-0.15, -0.1) is 0 Å². The zero-order chi connectivity index (χ0) is 24.1. The van der Waals surface area contributed by atoms with Gasteiger partial charge in [-0.3, -0.25) is 4.79 Å². The summed E-state index contributed by atoms with van der Waals surface area (Å²) in [6.07, 6.45) is 0.230. The van der Waals surface area contributed by atoms with Gasteiger partial charge in [0.05, 0.1) is 13.2 Å². The number of imide groups is 1. The first-order valence-corrected chi connectivity index (χ1v) is 12.5. The van der Waals surface area contributed by atoms with E-state index in [4.69, 9.17) is 9.47 Å². The quantitative estimate of drug-likeness (QED) is 0.404. The van der Waals surface area contributed by atoms with Crippen LogP contribution in [0.15, 0.2) is 46.9 Å². The second kappa shape index (κ2) is 8.77. The molecule has 1 saturated heterocycles. The second-order valence-electron chi connectivity index (χ2n) is 9.64. The highest BCUT2D eigenvalue weighted by molar-refractivity contribution is 9.10. The number of hydrogen-bond donors (Lipinski definition) is 0. The Balaban J connectivity index is 1.51. The third-order valence-electron chi connectivity index (χ3n) is 7.22. The van der Waals surface area contributed by atoms with E-state index >= 15 is 0 Å². The summed E-state index contributed by atoms with van der Waals surface area (Å²) in [6, 6.07) is 14.3. The van der Waals surface area contributed by atoms with Crippen molar-refractivity contribution in [1.29, 1.82) is 0 Å². The average Bonchev–Trinajstić information content (AvgIpc) is 3.43. The highest BCUT2D eigenvalue weighted by Crippen LogP contribution is 2.53. The first-order valence-electron chi connectivity index (χ1n) is 11.7. The number of fused-ring (bicyclic) bond motifs is 1. The molecule has 7 heteroatoms. The number of amides is 2. The molecule has 2 unspecified atom stereocenters. The van der Waals surface area contributed by atoms with Crippen molar-refractivity contribution >= 4 is 38.8 Å². The summed E-state index contributed by atoms with van der Waals surface area (Å²) >= 11 is 3.51. The van der Waals surface area contributed by atoms with Gasteiger partial charge in [0.15, 0.2) is 0 Å². The number of ether oxygens (including phenoxy) is 2. The van der Waals surface area contributed by atoms with Crippen LogP contribution < -0.4 is 4.74 Å². The molecule has 1 aliphatic carbocycles. The van der Waals surface area contributed by atoms with Crippen molar-refractivity contribution in [2.75, 3.05) is 13.7 Å². The Kier molecular flexibility index (Phi) is 5.92. The van der Waals surface area contributed by atoms with Gasteiger partial charge in [-0.25, -0.2) is 9.69 Å². The van der Waals surface area contributed by atoms with Crippen molar-refractivity contribution < 1.29 is 19.1 Å². The van der Waals surface area contributed by atoms with Crippen LogP contribution in [0.2, 0.25) is 0 Å². The van der Waals surface area contributed by atoms with Crippen molar-refractivity contribution in [2.24, 2.45) is 11.8 Å². The fourth-order valence-electron chi connectivity index (χ4n) is 5.20. The van der Waals surface area contributed by atoms with Crippen LogP contribution >= 0.6 is 15.9 Å². The lowest BCUT2D eigenvalue weighted by Gasteiger charge is -2.22. The molecule has 0 radical (unpaired) electrons. The Labute approximate surface area is 207 Å². The van der Waals surface area contributed by atoms with Crippen LogP contribution in [0.3, 0.4) is 0 Å². The lowest BCUT2D eigenvalue weighted by atomic mass is 10.0. The van der Waals surface area contributed by atoms with Gasteiger partial charge in [0, 0.05) is 33.5 Å². The Hall–Kier alpha value is -2.80. The first-order chi connectivity index (χ1) is 16.3. The van der Waals surface area contributed by atoms with Crippen LogP contribution in [-0.2, 0) is 16.1 Å². The number of hydrogen-bond acceptors (Lipinski definition) is 4. The van der Waals surface area contributed by atoms with Crippen LogP contribution in [0, 0.1) is 18.8 Å². The van der Waals surface area contributed by atoms with Gasteiger partial charge in [0.2, 0.25) is 5.91 Å². The third-order valence-corrected chi connectivity index (χ3v) is 7.75. The molecular formula is C27H29BrN2O4. The standard InChI is InChI=1S/C27H29BrN2O4/c1-15(2)24-14-34-27(32)30(24)26(31)21-12-20(21)25-16(3)29(13-17-5-7-18(28)8-6-17)23-10-9-19(33-4)11-22(23)25/h5-11,15,20-21,24H,12-14H2,1-4H3/t20?,21?,24-/m0/s1. The minimum Gasteiger partial charge on any atom is -0.497 e. The van der Waals surface area contributed by atoms with Gasteiger partial charge >= 0.3 is 6.09 Å². The van der Waals surface area contributed by atoms with E-state index in [9.17, 15) is 9.59 Å². The van der Waals surface area contributed by atoms with Crippen molar-refractivity contribution in [3.8, 4) is 5.75 Å². The summed E-state index contributed by atoms with van der Waals surface area (Å²) in [7, 11) is 1.67. The molecule has 34 heavy (non-hydrogen) atoms. The molecule has 1 aliphatic heterocycles. The number of carbonyl (C=O) groups is 2. The maximum Gasteiger partial charge on any atom is 0.416 e. The van der Waals surface area contributed by atoms with Crippen LogP contribution in [0.4, 0.5) is 4.79 Å². The van der Waals surface area contributed by atoms with Gasteiger partial charge in [-0.2, -0.15) is 0 Å². The van der Waals surface area contributed by atoms with Crippen molar-refractivity contribution in [1.82, 2.24) is 9.47 Å². The summed E-state index contributed by atoms with van der Waals surface area (Å²) in [6.45, 7) is 7.18. The summed E-state index contributed by atoms with van der Waals surface area (Å²) in [5.74, 6) is 0.716. The molecule has 0 spiro atoms. The van der Waals surface area contributed by atoms with Crippen LogP contribution in [0.5, 0.6) is 5.75 Å². The van der Waals surface area contributed by atoms with Crippen LogP contribution in [-0.4, -0.2) is 41.2 Å². The molecular weight excluding hydrogens is 496 g/mol. The van der Waals surface area contributed by atoms with E-state index in [0.29, 0.717) is 0 Å². The highest BCUT2D eigenvalue weighted by atomic mass is 79.9. The predicted molar refractivity (Wildman–Crippen MR) is 134 cm³/mol. The van der Waals surface area contributed by atoms with E-state index < -0.39 is 6.09 Å². The molecule has 3 aromatic rings. The van der Waals surface area contributed by atoms with E-state index in [0.717, 1.165) is 39.8 Å². The molecule has 5 rings (SSSR count). The number of rotatable bonds is 6. The van der Waals surface area contributed by atoms with E-state index in [1.54, 1.807) is 7.11 Å². The minimum atomic E-state index is -0.509. The van der Waals surface area contributed by atoms with Gasteiger partial charge in [0.1, 0.15) is 12.4 Å². The second-order valence-corrected chi connectivity index (χ2v) is 10.6. The number of nitrogens with zero attached hydrogens (tertiary/aromatic N) is 2. The van der Waals surface area contributed by atoms with Gasteiger partial charge in [0.25, 0.3) is 0 Å². The molecule has 2 aromatic carbocycles. The van der Waals surface area contributed by atoms with Crippen molar-refractivity contribution in [2.45, 2.75) is 45.7 Å². The first kappa shape index (κ1) is 23.0. The monoisotopic (exact) mass is 524 g/mol. The van der Waals surface area contributed by atoms with Crippen molar-refractivity contribution in [3.05, 3.63) is 63.8 Å². The molecule has 1 aromatic heterocycles. The molecule has 1 saturated carbocycles. The Bertz CT molecular complexity index is 1260. The highest BCUT2D eigenvalue weighted by Gasteiger charge is 2.52. The zero-order valence-corrected chi connectivity index (χ0v) is 21.5. The molecule has 0 N–H and O–H groups in total. The molecule has 2 amide bonds. The number of aromatic nitrogens is 1. The smallest absolute Gasteiger partial charge is 0.416 e. The van der Waals surface area contributed by atoms with E-state index in [1.165, 1.54) is 16.0 Å². The molecule has 3 atom stereocenters. The van der Waals surface area contributed by atoms with Gasteiger partial charge in [-0.1, -0.05) is 41.9 Å². The Morgan fingerprint density at radius 1 is 1.21 bits per heavy atom. The normalized spacial score (nSPS) is 21.9. The molecule has 2 fully saturated rings. The molecule has 6 nitrogen and oxygen atoms in total. The SMILES string of the molecule is COc1ccc2c(c1)c(C1CC1C(=O)N1C(=O)OC[C@H]1C(C)C)c(C)n2Cc1ccc(Br)cc1. The molecule has 2 heterocycles. The number of methoxy groups -OCH3 is 1. The molecule has 2 aliphatic rings. The molecule has 178 valence electrons. The summed E-state index contributed by atoms with van der Waals surface area (Å²) in [4.78, 5) is 27.1. The maximum atomic E-state index is 13.4. The Morgan fingerprint density at radius 3 is 2.62 bits per heavy atom. The molecule has 0 bridgehead atoms. The van der Waals surface area contributed by atoms with E-state index in [2.05, 4.69) is 63.8 Å². The number of cyclic esters (lactones) is 1. The Morgan fingerprint density at radius 2 is 1.94 bits per heavy atom. The van der Waals surface area contributed by atoms with Crippen molar-refractivity contribution in [3.63, 3.8) is 0 Å². The number of halogens is 1. The van der Waals surface area contributed by atoms with Crippen LogP contribution in [0.1, 0.15) is 43.0 Å². The third kappa shape index (κ3) is 3.90. The summed E-state index contributed by atoms with van der Waals surface area (Å²) in [5, 5.41) is 1.11. The fraction of sp³-hybridized carbons (Fsp3) is 0.407. The topological polar surface area (TPSA) is 60.8 Å². The predicted octanol–water partition coefficient (Wildman–Crippen LogP) is 5.88. The average molecular weight is 525 g/mol.